The van der Waals surface area contributed by atoms with Crippen LogP contribution in [-0.2, 0) is 4.79 Å². The molecule has 0 aromatic carbocycles. The van der Waals surface area contributed by atoms with Gasteiger partial charge >= 0.3 is 0 Å². The third kappa shape index (κ3) is 5.38. The largest absolute Gasteiger partial charge is 0.396 e. The van der Waals surface area contributed by atoms with Crippen LogP contribution in [0.25, 0.3) is 0 Å². The van der Waals surface area contributed by atoms with Gasteiger partial charge in [0.25, 0.3) is 0 Å². The highest BCUT2D eigenvalue weighted by atomic mass is 35.5. The summed E-state index contributed by atoms with van der Waals surface area (Å²) >= 11 is 5.70. The minimum absolute atomic E-state index is 0.0384. The Morgan fingerprint density at radius 3 is 2.27 bits per heavy atom. The highest BCUT2D eigenvalue weighted by Gasteiger charge is 2.28. The second-order valence-corrected chi connectivity index (χ2v) is 5.61. The predicted octanol–water partition coefficient (Wildman–Crippen LogP) is 1.78. The van der Waals surface area contributed by atoms with Crippen molar-refractivity contribution in [2.75, 3.05) is 19.0 Å². The number of carbonyl (C=O) groups is 1. The van der Waals surface area contributed by atoms with Gasteiger partial charge in [0.15, 0.2) is 0 Å². The number of hydrogen-bond acceptors (Lipinski definition) is 2. The molecule has 2 N–H and O–H groups in total. The lowest BCUT2D eigenvalue weighted by atomic mass is 9.88. The van der Waals surface area contributed by atoms with Crippen LogP contribution in [0.5, 0.6) is 0 Å². The van der Waals surface area contributed by atoms with E-state index in [4.69, 9.17) is 16.7 Å². The number of carbonyl (C=O) groups excluding carboxylic acids is 1. The van der Waals surface area contributed by atoms with E-state index >= 15 is 0 Å². The summed E-state index contributed by atoms with van der Waals surface area (Å²) in [7, 11) is 0. The maximum atomic E-state index is 11.7. The van der Waals surface area contributed by atoms with E-state index in [9.17, 15) is 4.79 Å². The number of hydrogen-bond donors (Lipinski definition) is 2. The highest BCUT2D eigenvalue weighted by Crippen LogP contribution is 2.21. The van der Waals surface area contributed by atoms with E-state index in [-0.39, 0.29) is 17.9 Å². The molecular formula is C11H22ClNO2. The molecule has 0 rings (SSSR count). The zero-order valence-electron chi connectivity index (χ0n) is 10.1. The molecule has 90 valence electrons. The fourth-order valence-electron chi connectivity index (χ4n) is 1.01. The molecule has 0 aliphatic heterocycles. The van der Waals surface area contributed by atoms with Crippen LogP contribution in [0.3, 0.4) is 0 Å². The summed E-state index contributed by atoms with van der Waals surface area (Å²) in [6.07, 6.45) is 0.675. The molecule has 0 saturated heterocycles. The number of aliphatic hydroxyl groups is 1. The average Bonchev–Trinajstić information content (AvgIpc) is 2.14. The Bertz CT molecular complexity index is 215. The topological polar surface area (TPSA) is 49.3 Å². The van der Waals surface area contributed by atoms with Crippen molar-refractivity contribution in [3.63, 3.8) is 0 Å². The van der Waals surface area contributed by atoms with Crippen LogP contribution in [0.4, 0.5) is 0 Å². The average molecular weight is 236 g/mol. The number of alkyl halides is 1. The standard InChI is InChI=1S/C11H22ClNO2/c1-10(2,5-6-14)8-13-9(15)11(3,4)7-12/h14H,5-8H2,1-4H3,(H,13,15). The van der Waals surface area contributed by atoms with E-state index in [1.165, 1.54) is 0 Å². The predicted molar refractivity (Wildman–Crippen MR) is 63.0 cm³/mol. The Morgan fingerprint density at radius 1 is 1.33 bits per heavy atom. The van der Waals surface area contributed by atoms with Crippen LogP contribution in [0.1, 0.15) is 34.1 Å². The first kappa shape index (κ1) is 14.7. The number of amides is 1. The number of nitrogens with one attached hydrogen (secondary N) is 1. The minimum Gasteiger partial charge on any atom is -0.396 e. The first-order valence-corrected chi connectivity index (χ1v) is 5.74. The van der Waals surface area contributed by atoms with Gasteiger partial charge in [-0.25, -0.2) is 0 Å². The minimum atomic E-state index is -0.531. The normalized spacial score (nSPS) is 12.7. The van der Waals surface area contributed by atoms with Crippen LogP contribution in [0.2, 0.25) is 0 Å². The summed E-state index contributed by atoms with van der Waals surface area (Å²) in [5.74, 6) is 0.266. The Hall–Kier alpha value is -0.280. The fourth-order valence-corrected chi connectivity index (χ4v) is 1.13. The molecule has 0 aromatic heterocycles. The fraction of sp³-hybridized carbons (Fsp3) is 0.909. The van der Waals surface area contributed by atoms with Gasteiger partial charge in [-0.15, -0.1) is 11.6 Å². The van der Waals surface area contributed by atoms with Gasteiger partial charge in [0.1, 0.15) is 0 Å². The first-order valence-electron chi connectivity index (χ1n) is 5.20. The van der Waals surface area contributed by atoms with E-state index in [0.29, 0.717) is 18.8 Å². The van der Waals surface area contributed by atoms with Gasteiger partial charge in [-0.2, -0.15) is 0 Å². The molecule has 0 radical (unpaired) electrons. The van der Waals surface area contributed by atoms with Crippen molar-refractivity contribution in [3.05, 3.63) is 0 Å². The van der Waals surface area contributed by atoms with Crippen LogP contribution in [0, 0.1) is 10.8 Å². The summed E-state index contributed by atoms with van der Waals surface area (Å²) in [6.45, 7) is 8.35. The second kappa shape index (κ2) is 5.71. The van der Waals surface area contributed by atoms with Crippen LogP contribution in [0.15, 0.2) is 0 Å². The molecule has 0 unspecified atom stereocenters. The molecule has 0 spiro atoms. The summed E-state index contributed by atoms with van der Waals surface area (Å²) in [4.78, 5) is 11.7. The monoisotopic (exact) mass is 235 g/mol. The molecule has 0 bridgehead atoms. The molecule has 0 fully saturated rings. The van der Waals surface area contributed by atoms with Crippen LogP contribution < -0.4 is 5.32 Å². The quantitative estimate of drug-likeness (QED) is 0.690. The Balaban J connectivity index is 4.11. The lowest BCUT2D eigenvalue weighted by molar-refractivity contribution is -0.128. The van der Waals surface area contributed by atoms with Gasteiger partial charge in [0, 0.05) is 19.0 Å². The zero-order chi connectivity index (χ0) is 12.1. The van der Waals surface area contributed by atoms with Crippen molar-refractivity contribution in [1.82, 2.24) is 5.32 Å². The number of halogens is 1. The van der Waals surface area contributed by atoms with Crippen LogP contribution in [-0.4, -0.2) is 30.0 Å². The molecular weight excluding hydrogens is 214 g/mol. The number of aliphatic hydroxyl groups excluding tert-OH is 1. The van der Waals surface area contributed by atoms with E-state index in [1.54, 1.807) is 0 Å². The van der Waals surface area contributed by atoms with Gasteiger partial charge < -0.3 is 10.4 Å². The third-order valence-corrected chi connectivity index (χ3v) is 3.13. The molecule has 0 aromatic rings. The van der Waals surface area contributed by atoms with Crippen molar-refractivity contribution in [3.8, 4) is 0 Å². The van der Waals surface area contributed by atoms with Crippen molar-refractivity contribution < 1.29 is 9.90 Å². The van der Waals surface area contributed by atoms with Crippen molar-refractivity contribution in [2.24, 2.45) is 10.8 Å². The lowest BCUT2D eigenvalue weighted by Crippen LogP contribution is -2.42. The van der Waals surface area contributed by atoms with E-state index in [0.717, 1.165) is 0 Å². The maximum absolute atomic E-state index is 11.7. The van der Waals surface area contributed by atoms with Crippen molar-refractivity contribution in [1.29, 1.82) is 0 Å². The van der Waals surface area contributed by atoms with Gasteiger partial charge in [-0.3, -0.25) is 4.79 Å². The number of rotatable bonds is 6. The Kier molecular flexibility index (Phi) is 5.60. The van der Waals surface area contributed by atoms with Gasteiger partial charge in [0.2, 0.25) is 5.91 Å². The molecule has 0 aliphatic rings. The van der Waals surface area contributed by atoms with Crippen molar-refractivity contribution >= 4 is 17.5 Å². The Labute approximate surface area is 97.2 Å². The molecule has 0 aliphatic carbocycles. The van der Waals surface area contributed by atoms with Gasteiger partial charge in [0.05, 0.1) is 5.41 Å². The maximum Gasteiger partial charge on any atom is 0.226 e. The van der Waals surface area contributed by atoms with Crippen LogP contribution >= 0.6 is 11.6 Å². The molecule has 4 heteroatoms. The smallest absolute Gasteiger partial charge is 0.226 e. The zero-order valence-corrected chi connectivity index (χ0v) is 10.8. The second-order valence-electron chi connectivity index (χ2n) is 5.34. The first-order chi connectivity index (χ1) is 6.75. The Morgan fingerprint density at radius 2 is 1.87 bits per heavy atom. The lowest BCUT2D eigenvalue weighted by Gasteiger charge is -2.27. The summed E-state index contributed by atoms with van der Waals surface area (Å²) in [6, 6.07) is 0. The molecule has 0 atom stereocenters. The summed E-state index contributed by atoms with van der Waals surface area (Å²) < 4.78 is 0. The molecule has 15 heavy (non-hydrogen) atoms. The highest BCUT2D eigenvalue weighted by molar-refractivity contribution is 6.19. The molecule has 1 amide bonds. The molecule has 3 nitrogen and oxygen atoms in total. The summed E-state index contributed by atoms with van der Waals surface area (Å²) in [5.41, 5.74) is -0.607. The van der Waals surface area contributed by atoms with Gasteiger partial charge in [-0.1, -0.05) is 13.8 Å². The van der Waals surface area contributed by atoms with E-state index in [2.05, 4.69) is 5.32 Å². The van der Waals surface area contributed by atoms with E-state index < -0.39 is 5.41 Å². The van der Waals surface area contributed by atoms with Crippen molar-refractivity contribution in [2.45, 2.75) is 34.1 Å². The summed E-state index contributed by atoms with van der Waals surface area (Å²) in [5, 5.41) is 11.7. The van der Waals surface area contributed by atoms with Gasteiger partial charge in [-0.05, 0) is 25.7 Å². The third-order valence-electron chi connectivity index (χ3n) is 2.46. The molecule has 0 saturated carbocycles. The van der Waals surface area contributed by atoms with E-state index in [1.807, 2.05) is 27.7 Å². The SMILES string of the molecule is CC(C)(CCO)CNC(=O)C(C)(C)CCl. The molecule has 0 heterocycles.